The summed E-state index contributed by atoms with van der Waals surface area (Å²) in [6.45, 7) is 4.94. The molecule has 0 amide bonds. The SMILES string of the molecule is COC[C@@H](O)[C@@H](C)[C@H]1CC[C@H]2[C@@H]3CC[C@@H]4C[C@@](O)(C(F)(F)F)CC[C@@H]4[C@@H]3CC[C@]12C. The fourth-order valence-corrected chi connectivity index (χ4v) is 8.63. The lowest BCUT2D eigenvalue weighted by atomic mass is 9.48. The summed E-state index contributed by atoms with van der Waals surface area (Å²) in [4.78, 5) is 0. The Morgan fingerprint density at radius 1 is 1.00 bits per heavy atom. The Hall–Kier alpha value is -0.330. The van der Waals surface area contributed by atoms with Crippen molar-refractivity contribution >= 4 is 0 Å². The largest absolute Gasteiger partial charge is 0.417 e. The second kappa shape index (κ2) is 7.91. The van der Waals surface area contributed by atoms with Gasteiger partial charge in [0.1, 0.15) is 0 Å². The molecule has 0 aromatic carbocycles. The van der Waals surface area contributed by atoms with E-state index in [1.807, 2.05) is 0 Å². The number of hydrogen-bond acceptors (Lipinski definition) is 3. The van der Waals surface area contributed by atoms with E-state index < -0.39 is 17.9 Å². The Balaban J connectivity index is 1.48. The number of fused-ring (bicyclic) bond motifs is 5. The number of rotatable bonds is 4. The van der Waals surface area contributed by atoms with E-state index >= 15 is 0 Å². The van der Waals surface area contributed by atoms with Gasteiger partial charge in [0.25, 0.3) is 0 Å². The third-order valence-corrected chi connectivity index (χ3v) is 10.2. The maximum atomic E-state index is 13.4. The molecule has 0 aliphatic heterocycles. The number of aliphatic hydroxyl groups excluding tert-OH is 1. The number of ether oxygens (including phenoxy) is 1. The quantitative estimate of drug-likeness (QED) is 0.643. The molecule has 0 heterocycles. The summed E-state index contributed by atoms with van der Waals surface area (Å²) >= 11 is 0. The molecule has 4 fully saturated rings. The van der Waals surface area contributed by atoms with E-state index in [1.165, 1.54) is 6.42 Å². The number of aliphatic hydroxyl groups is 2. The van der Waals surface area contributed by atoms with Crippen LogP contribution < -0.4 is 0 Å². The van der Waals surface area contributed by atoms with Crippen LogP contribution in [-0.2, 0) is 4.74 Å². The van der Waals surface area contributed by atoms with Crippen LogP contribution in [0.4, 0.5) is 13.2 Å². The van der Waals surface area contributed by atoms with Gasteiger partial charge in [-0.25, -0.2) is 0 Å². The van der Waals surface area contributed by atoms with Gasteiger partial charge < -0.3 is 14.9 Å². The molecule has 4 saturated carbocycles. The van der Waals surface area contributed by atoms with Gasteiger partial charge in [0.05, 0.1) is 12.7 Å². The van der Waals surface area contributed by atoms with Crippen molar-refractivity contribution < 1.29 is 28.1 Å². The summed E-state index contributed by atoms with van der Waals surface area (Å²) < 4.78 is 45.4. The summed E-state index contributed by atoms with van der Waals surface area (Å²) in [7, 11) is 1.63. The molecule has 0 unspecified atom stereocenters. The molecule has 2 N–H and O–H groups in total. The number of alkyl halides is 3. The van der Waals surface area contributed by atoms with Gasteiger partial charge in [-0.3, -0.25) is 0 Å². The highest BCUT2D eigenvalue weighted by atomic mass is 19.4. The molecular weight excluding hydrogens is 393 g/mol. The van der Waals surface area contributed by atoms with Crippen LogP contribution in [0.15, 0.2) is 0 Å². The van der Waals surface area contributed by atoms with Crippen LogP contribution >= 0.6 is 0 Å². The fourth-order valence-electron chi connectivity index (χ4n) is 8.63. The molecule has 0 aromatic heterocycles. The minimum absolute atomic E-state index is 0.00984. The van der Waals surface area contributed by atoms with Gasteiger partial charge in [-0.05, 0) is 105 Å². The van der Waals surface area contributed by atoms with Crippen LogP contribution in [0.1, 0.15) is 71.6 Å². The van der Waals surface area contributed by atoms with E-state index in [0.29, 0.717) is 42.6 Å². The summed E-state index contributed by atoms with van der Waals surface area (Å²) in [6.07, 6.45) is 1.65. The van der Waals surface area contributed by atoms with Crippen molar-refractivity contribution in [2.75, 3.05) is 13.7 Å². The maximum Gasteiger partial charge on any atom is 0.417 e. The Bertz CT molecular complexity index is 625. The predicted octanol–water partition coefficient (Wildman–Crippen LogP) is 5.19. The summed E-state index contributed by atoms with van der Waals surface area (Å²) in [6, 6.07) is 0. The summed E-state index contributed by atoms with van der Waals surface area (Å²) in [5, 5.41) is 20.8. The van der Waals surface area contributed by atoms with E-state index in [4.69, 9.17) is 4.74 Å². The van der Waals surface area contributed by atoms with Crippen LogP contribution in [0.2, 0.25) is 0 Å². The van der Waals surface area contributed by atoms with E-state index in [2.05, 4.69) is 13.8 Å². The van der Waals surface area contributed by atoms with Crippen molar-refractivity contribution in [2.45, 2.75) is 89.5 Å². The second-order valence-electron chi connectivity index (χ2n) is 11.3. The monoisotopic (exact) mass is 432 g/mol. The van der Waals surface area contributed by atoms with Crippen molar-refractivity contribution in [3.05, 3.63) is 0 Å². The van der Waals surface area contributed by atoms with Gasteiger partial charge >= 0.3 is 6.18 Å². The molecular formula is C24H39F3O3. The standard InChI is InChI=1S/C24H39F3O3/c1-14(21(28)13-30-3)19-6-7-20-18-5-4-15-12-23(29,24(25,26)27)11-9-16(15)17(18)8-10-22(19,20)2/h14-21,28-29H,4-13H2,1-3H3/t14-,15+,16-,17-,18+,19+,20-,21+,22+,23+/m0/s1. The van der Waals surface area contributed by atoms with Crippen LogP contribution in [0.3, 0.4) is 0 Å². The molecule has 3 nitrogen and oxygen atoms in total. The van der Waals surface area contributed by atoms with Crippen molar-refractivity contribution in [3.63, 3.8) is 0 Å². The molecule has 6 heteroatoms. The van der Waals surface area contributed by atoms with Crippen molar-refractivity contribution in [1.29, 1.82) is 0 Å². The first kappa shape index (κ1) is 22.8. The molecule has 4 rings (SSSR count). The Kier molecular flexibility index (Phi) is 6.03. The zero-order valence-corrected chi connectivity index (χ0v) is 18.6. The van der Waals surface area contributed by atoms with E-state index in [0.717, 1.165) is 32.1 Å². The van der Waals surface area contributed by atoms with Gasteiger partial charge in [-0.15, -0.1) is 0 Å². The highest BCUT2D eigenvalue weighted by Gasteiger charge is 2.62. The van der Waals surface area contributed by atoms with Crippen molar-refractivity contribution in [2.24, 2.45) is 46.8 Å². The second-order valence-corrected chi connectivity index (χ2v) is 11.3. The maximum absolute atomic E-state index is 13.4. The van der Waals surface area contributed by atoms with E-state index in [1.54, 1.807) is 7.11 Å². The molecule has 30 heavy (non-hydrogen) atoms. The number of halogens is 3. The first-order valence-electron chi connectivity index (χ1n) is 12.0. The highest BCUT2D eigenvalue weighted by molar-refractivity contribution is 5.08. The van der Waals surface area contributed by atoms with E-state index in [-0.39, 0.29) is 30.1 Å². The summed E-state index contributed by atoms with van der Waals surface area (Å²) in [5.74, 6) is 2.75. The van der Waals surface area contributed by atoms with Gasteiger partial charge in [0.2, 0.25) is 0 Å². The normalized spacial score (nSPS) is 48.4. The molecule has 0 radical (unpaired) electrons. The zero-order chi connectivity index (χ0) is 21.9. The lowest BCUT2D eigenvalue weighted by Gasteiger charge is -2.57. The van der Waals surface area contributed by atoms with Crippen LogP contribution in [-0.4, -0.2) is 41.8 Å². The third-order valence-electron chi connectivity index (χ3n) is 10.2. The lowest BCUT2D eigenvalue weighted by molar-refractivity contribution is -0.282. The average Bonchev–Trinajstić information content (AvgIpc) is 3.03. The molecule has 4 aliphatic rings. The van der Waals surface area contributed by atoms with Crippen molar-refractivity contribution in [1.82, 2.24) is 0 Å². The first-order chi connectivity index (χ1) is 14.0. The topological polar surface area (TPSA) is 49.7 Å². The average molecular weight is 433 g/mol. The molecule has 0 bridgehead atoms. The van der Waals surface area contributed by atoms with Gasteiger partial charge in [0.15, 0.2) is 5.60 Å². The minimum Gasteiger partial charge on any atom is -0.390 e. The van der Waals surface area contributed by atoms with E-state index in [9.17, 15) is 23.4 Å². The third kappa shape index (κ3) is 3.53. The van der Waals surface area contributed by atoms with Gasteiger partial charge in [-0.1, -0.05) is 13.8 Å². The van der Waals surface area contributed by atoms with Gasteiger partial charge in [0, 0.05) is 7.11 Å². The van der Waals surface area contributed by atoms with Gasteiger partial charge in [-0.2, -0.15) is 13.2 Å². The minimum atomic E-state index is -4.52. The molecule has 4 aliphatic carbocycles. The summed E-state index contributed by atoms with van der Waals surface area (Å²) in [5.41, 5.74) is -2.26. The highest BCUT2D eigenvalue weighted by Crippen LogP contribution is 2.66. The first-order valence-corrected chi connectivity index (χ1v) is 12.0. The smallest absolute Gasteiger partial charge is 0.390 e. The Morgan fingerprint density at radius 3 is 2.37 bits per heavy atom. The zero-order valence-electron chi connectivity index (χ0n) is 18.6. The molecule has 174 valence electrons. The lowest BCUT2D eigenvalue weighted by Crippen LogP contribution is -2.55. The van der Waals surface area contributed by atoms with Crippen LogP contribution in [0.25, 0.3) is 0 Å². The Labute approximate surface area is 178 Å². The Morgan fingerprint density at radius 2 is 1.70 bits per heavy atom. The molecule has 0 aromatic rings. The molecule has 0 spiro atoms. The number of hydrogen-bond donors (Lipinski definition) is 2. The van der Waals surface area contributed by atoms with Crippen LogP contribution in [0, 0.1) is 46.8 Å². The predicted molar refractivity (Wildman–Crippen MR) is 109 cm³/mol. The molecule has 0 saturated heterocycles. The molecule has 10 atom stereocenters. The fraction of sp³-hybridized carbons (Fsp3) is 1.00. The van der Waals surface area contributed by atoms with Crippen molar-refractivity contribution in [3.8, 4) is 0 Å². The number of methoxy groups -OCH3 is 1. The van der Waals surface area contributed by atoms with Crippen LogP contribution in [0.5, 0.6) is 0 Å².